The van der Waals surface area contributed by atoms with Crippen molar-refractivity contribution in [2.45, 2.75) is 6.43 Å². The summed E-state index contributed by atoms with van der Waals surface area (Å²) in [5.41, 5.74) is 0. The highest BCUT2D eigenvalue weighted by molar-refractivity contribution is 7.71. The van der Waals surface area contributed by atoms with Crippen molar-refractivity contribution in [3.63, 3.8) is 0 Å². The molecule has 0 aliphatic carbocycles. The fourth-order valence-electron chi connectivity index (χ4n) is 0.614. The average molecular weight is 181 g/mol. The Labute approximate surface area is 65.7 Å². The van der Waals surface area contributed by atoms with E-state index in [1.54, 1.807) is 0 Å². The maximum Gasteiger partial charge on any atom is 0.300 e. The van der Waals surface area contributed by atoms with Crippen LogP contribution in [-0.4, -0.2) is 22.0 Å². The summed E-state index contributed by atoms with van der Waals surface area (Å²) in [6.45, 7) is 0. The topological polar surface area (TPSA) is 42.8 Å². The molecule has 0 bridgehead atoms. The van der Waals surface area contributed by atoms with Gasteiger partial charge in [0.25, 0.3) is 0 Å². The lowest BCUT2D eigenvalue weighted by molar-refractivity contribution is 0.0846. The second-order valence-corrected chi connectivity index (χ2v) is 2.05. The lowest BCUT2D eigenvalue weighted by Crippen LogP contribution is -2.10. The highest BCUT2D eigenvalue weighted by atomic mass is 32.1. The third-order valence-corrected chi connectivity index (χ3v) is 1.29. The minimum Gasteiger partial charge on any atom is -0.413 e. The van der Waals surface area contributed by atoms with Crippen molar-refractivity contribution in [1.82, 2.24) is 14.9 Å². The molecule has 7 heteroatoms. The van der Waals surface area contributed by atoms with Crippen LogP contribution in [0, 0.1) is 4.77 Å². The van der Waals surface area contributed by atoms with E-state index in [0.717, 1.165) is 4.73 Å². The minimum atomic E-state index is -2.69. The molecule has 0 spiro atoms. The Hall–Kier alpha value is -0.980. The van der Waals surface area contributed by atoms with Crippen LogP contribution >= 0.6 is 12.2 Å². The number of hydrogen-bond acceptors (Lipinski definition) is 3. The third-order valence-electron chi connectivity index (χ3n) is 1.04. The van der Waals surface area contributed by atoms with Gasteiger partial charge in [0.1, 0.15) is 7.11 Å². The molecule has 4 nitrogen and oxygen atoms in total. The van der Waals surface area contributed by atoms with Crippen LogP contribution in [0.1, 0.15) is 12.2 Å². The molecule has 0 saturated carbocycles. The van der Waals surface area contributed by atoms with Gasteiger partial charge in [-0.05, 0) is 12.2 Å². The van der Waals surface area contributed by atoms with Gasteiger partial charge < -0.3 is 4.84 Å². The number of aromatic amines is 1. The number of halogens is 2. The molecule has 1 aromatic rings. The van der Waals surface area contributed by atoms with E-state index in [2.05, 4.69) is 27.3 Å². The van der Waals surface area contributed by atoms with Gasteiger partial charge in [-0.2, -0.15) is 0 Å². The molecule has 0 aliphatic rings. The number of alkyl halides is 2. The van der Waals surface area contributed by atoms with E-state index in [1.165, 1.54) is 7.11 Å². The molecule has 1 N–H and O–H groups in total. The molecule has 0 aliphatic heterocycles. The molecule has 0 unspecified atom stereocenters. The van der Waals surface area contributed by atoms with Crippen molar-refractivity contribution < 1.29 is 13.6 Å². The lowest BCUT2D eigenvalue weighted by atomic mass is 10.7. The van der Waals surface area contributed by atoms with Gasteiger partial charge >= 0.3 is 6.43 Å². The second kappa shape index (κ2) is 2.95. The fraction of sp³-hybridized carbons (Fsp3) is 0.500. The largest absolute Gasteiger partial charge is 0.413 e. The maximum atomic E-state index is 12.0. The first kappa shape index (κ1) is 8.12. The van der Waals surface area contributed by atoms with Crippen molar-refractivity contribution in [2.24, 2.45) is 0 Å². The minimum absolute atomic E-state index is 0.0165. The Morgan fingerprint density at radius 1 is 1.73 bits per heavy atom. The monoisotopic (exact) mass is 181 g/mol. The van der Waals surface area contributed by atoms with E-state index >= 15 is 0 Å². The summed E-state index contributed by atoms with van der Waals surface area (Å²) in [7, 11) is 1.23. The van der Waals surface area contributed by atoms with E-state index in [4.69, 9.17) is 0 Å². The fourth-order valence-corrected chi connectivity index (χ4v) is 0.828. The van der Waals surface area contributed by atoms with Crippen molar-refractivity contribution in [3.05, 3.63) is 10.6 Å². The molecule has 0 aromatic carbocycles. The van der Waals surface area contributed by atoms with Gasteiger partial charge in [0, 0.05) is 0 Å². The maximum absolute atomic E-state index is 12.0. The van der Waals surface area contributed by atoms with Gasteiger partial charge in [-0.25, -0.2) is 13.9 Å². The first-order valence-electron chi connectivity index (χ1n) is 2.66. The zero-order chi connectivity index (χ0) is 8.43. The van der Waals surface area contributed by atoms with Gasteiger partial charge in [-0.3, -0.25) is 0 Å². The third kappa shape index (κ3) is 1.37. The van der Waals surface area contributed by atoms with E-state index in [9.17, 15) is 8.78 Å². The number of aromatic nitrogens is 3. The lowest BCUT2D eigenvalue weighted by Gasteiger charge is -2.00. The highest BCUT2D eigenvalue weighted by Gasteiger charge is 2.16. The summed E-state index contributed by atoms with van der Waals surface area (Å²) in [5.74, 6) is -0.516. The predicted octanol–water partition coefficient (Wildman–Crippen LogP) is 0.937. The number of H-pyrrole nitrogens is 1. The summed E-state index contributed by atoms with van der Waals surface area (Å²) in [6.07, 6.45) is -2.69. The van der Waals surface area contributed by atoms with Gasteiger partial charge in [0.15, 0.2) is 0 Å². The number of nitrogens with zero attached hydrogens (tertiary/aromatic N) is 2. The van der Waals surface area contributed by atoms with Crippen molar-refractivity contribution in [3.8, 4) is 0 Å². The first-order chi connectivity index (χ1) is 5.16. The Morgan fingerprint density at radius 3 is 2.73 bits per heavy atom. The quantitative estimate of drug-likeness (QED) is 0.690. The zero-order valence-electron chi connectivity index (χ0n) is 5.54. The van der Waals surface area contributed by atoms with Crippen molar-refractivity contribution in [2.75, 3.05) is 7.11 Å². The van der Waals surface area contributed by atoms with Crippen LogP contribution in [0.5, 0.6) is 0 Å². The molecule has 0 atom stereocenters. The Balaban J connectivity index is 3.16. The van der Waals surface area contributed by atoms with Gasteiger partial charge in [-0.1, -0.05) is 0 Å². The molecular weight excluding hydrogens is 176 g/mol. The van der Waals surface area contributed by atoms with Crippen LogP contribution in [0.15, 0.2) is 0 Å². The smallest absolute Gasteiger partial charge is 0.300 e. The van der Waals surface area contributed by atoms with Crippen LogP contribution < -0.4 is 4.84 Å². The van der Waals surface area contributed by atoms with Gasteiger partial charge in [0.2, 0.25) is 10.6 Å². The standard InChI is InChI=1S/C4H5F2N3OS/c1-10-9-3(2(5)6)7-8-4(9)11/h2H,1H3,(H,8,11). The van der Waals surface area contributed by atoms with Gasteiger partial charge in [-0.15, -0.1) is 9.83 Å². The van der Waals surface area contributed by atoms with E-state index in [1.807, 2.05) is 0 Å². The van der Waals surface area contributed by atoms with Crippen LogP contribution in [0.4, 0.5) is 8.78 Å². The second-order valence-electron chi connectivity index (χ2n) is 1.66. The molecule has 0 amide bonds. The number of rotatable bonds is 2. The molecule has 1 heterocycles. The molecule has 0 radical (unpaired) electrons. The summed E-state index contributed by atoms with van der Waals surface area (Å²) in [5, 5.41) is 5.44. The normalized spacial score (nSPS) is 10.5. The molecule has 0 fully saturated rings. The highest BCUT2D eigenvalue weighted by Crippen LogP contribution is 2.14. The average Bonchev–Trinajstić information content (AvgIpc) is 2.30. The Bertz CT molecular complexity index is 294. The molecule has 0 saturated heterocycles. The summed E-state index contributed by atoms with van der Waals surface area (Å²) in [4.78, 5) is 4.52. The zero-order valence-corrected chi connectivity index (χ0v) is 6.36. The summed E-state index contributed by atoms with van der Waals surface area (Å²) < 4.78 is 24.8. The van der Waals surface area contributed by atoms with Crippen molar-refractivity contribution >= 4 is 12.2 Å². The van der Waals surface area contributed by atoms with Crippen molar-refractivity contribution in [1.29, 1.82) is 0 Å². The van der Waals surface area contributed by atoms with E-state index in [0.29, 0.717) is 0 Å². The Morgan fingerprint density at radius 2 is 2.36 bits per heavy atom. The molecule has 1 rings (SSSR count). The number of hydrogen-bond donors (Lipinski definition) is 1. The molecule has 62 valence electrons. The van der Waals surface area contributed by atoms with Crippen LogP contribution in [0.2, 0.25) is 0 Å². The summed E-state index contributed by atoms with van der Waals surface area (Å²) >= 11 is 4.58. The first-order valence-corrected chi connectivity index (χ1v) is 3.07. The molecule has 1 aromatic heterocycles. The molecular formula is C4H5F2N3OS. The summed E-state index contributed by atoms with van der Waals surface area (Å²) in [6, 6.07) is 0. The Kier molecular flexibility index (Phi) is 2.18. The van der Waals surface area contributed by atoms with Crippen LogP contribution in [0.25, 0.3) is 0 Å². The van der Waals surface area contributed by atoms with Crippen LogP contribution in [-0.2, 0) is 0 Å². The van der Waals surface area contributed by atoms with E-state index in [-0.39, 0.29) is 4.77 Å². The van der Waals surface area contributed by atoms with E-state index < -0.39 is 12.2 Å². The predicted molar refractivity (Wildman–Crippen MR) is 34.9 cm³/mol. The molecule has 11 heavy (non-hydrogen) atoms. The SMILES string of the molecule is COn1c(C(F)F)n[nH]c1=S. The number of nitrogens with one attached hydrogen (secondary N) is 1. The van der Waals surface area contributed by atoms with Crippen LogP contribution in [0.3, 0.4) is 0 Å². The van der Waals surface area contributed by atoms with Gasteiger partial charge in [0.05, 0.1) is 0 Å².